The van der Waals surface area contributed by atoms with Crippen molar-refractivity contribution in [2.24, 2.45) is 46.3 Å². The van der Waals surface area contributed by atoms with Crippen LogP contribution in [0.4, 0.5) is 13.6 Å². The number of carboxylic acids is 1. The molecule has 228 valence electrons. The summed E-state index contributed by atoms with van der Waals surface area (Å²) < 4.78 is 44.9. The summed E-state index contributed by atoms with van der Waals surface area (Å²) in [4.78, 5) is 38.6. The Labute approximate surface area is 240 Å². The van der Waals surface area contributed by atoms with E-state index in [-0.39, 0.29) is 36.7 Å². The fraction of sp³-hybridized carbons (Fsp3) is 0.781. The number of alkyl halides is 2. The molecule has 5 rings (SSSR count). The fourth-order valence-electron chi connectivity index (χ4n) is 9.77. The molecule has 4 fully saturated rings. The van der Waals surface area contributed by atoms with Crippen molar-refractivity contribution in [2.45, 2.75) is 110 Å². The van der Waals surface area contributed by atoms with E-state index in [4.69, 9.17) is 9.47 Å². The predicted octanol–water partition coefficient (Wildman–Crippen LogP) is 5.99. The summed E-state index contributed by atoms with van der Waals surface area (Å²) in [6.07, 6.45) is 0.967. The summed E-state index contributed by atoms with van der Waals surface area (Å²) in [7, 11) is 0. The molecule has 0 heterocycles. The summed E-state index contributed by atoms with van der Waals surface area (Å²) >= 11 is 0. The molecule has 0 radical (unpaired) electrons. The first-order chi connectivity index (χ1) is 19.0. The van der Waals surface area contributed by atoms with E-state index in [0.717, 1.165) is 18.9 Å². The molecular weight excluding hydrogens is 534 g/mol. The van der Waals surface area contributed by atoms with Crippen LogP contribution in [-0.4, -0.2) is 57.8 Å². The first-order valence-corrected chi connectivity index (χ1v) is 15.1. The van der Waals surface area contributed by atoms with Gasteiger partial charge in [-0.05, 0) is 80.4 Å². The van der Waals surface area contributed by atoms with E-state index in [1.54, 1.807) is 13.8 Å². The van der Waals surface area contributed by atoms with Crippen molar-refractivity contribution < 1.29 is 42.9 Å². The fourth-order valence-corrected chi connectivity index (χ4v) is 9.77. The van der Waals surface area contributed by atoms with Crippen molar-refractivity contribution in [3.8, 4) is 0 Å². The number of halogens is 2. The average Bonchev–Trinajstić information content (AvgIpc) is 3.09. The third-order valence-electron chi connectivity index (χ3n) is 11.9. The number of allylic oxidation sites excluding steroid dienone is 4. The van der Waals surface area contributed by atoms with Gasteiger partial charge in [0.1, 0.15) is 12.3 Å². The second-order valence-corrected chi connectivity index (χ2v) is 14.4. The molecular formula is C32H44F2O7. The van der Waals surface area contributed by atoms with Crippen LogP contribution in [0, 0.1) is 46.3 Å². The number of aliphatic hydroxyl groups excluding tert-OH is 1. The largest absolute Gasteiger partial charge is 0.509 e. The van der Waals surface area contributed by atoms with Gasteiger partial charge in [-0.3, -0.25) is 4.79 Å². The quantitative estimate of drug-likeness (QED) is 0.395. The lowest BCUT2D eigenvalue weighted by molar-refractivity contribution is -0.232. The number of ketones is 1. The second-order valence-electron chi connectivity index (χ2n) is 14.4. The normalized spacial score (nSPS) is 49.0. The zero-order chi connectivity index (χ0) is 30.3. The van der Waals surface area contributed by atoms with Crippen LogP contribution in [0.3, 0.4) is 0 Å². The molecule has 4 saturated carbocycles. The topological polar surface area (TPSA) is 110 Å². The monoisotopic (exact) mass is 578 g/mol. The van der Waals surface area contributed by atoms with Gasteiger partial charge in [-0.15, -0.1) is 0 Å². The molecule has 0 aliphatic heterocycles. The maximum absolute atomic E-state index is 17.4. The zero-order valence-corrected chi connectivity index (χ0v) is 24.9. The average molecular weight is 579 g/mol. The second kappa shape index (κ2) is 9.88. The lowest BCUT2D eigenvalue weighted by Gasteiger charge is -2.62. The Morgan fingerprint density at radius 1 is 1.10 bits per heavy atom. The Kier molecular flexibility index (Phi) is 7.27. The Hall–Kier alpha value is -2.29. The third kappa shape index (κ3) is 4.07. The lowest BCUT2D eigenvalue weighted by atomic mass is 9.44. The number of aliphatic carboxylic acids is 1. The van der Waals surface area contributed by atoms with Crippen molar-refractivity contribution in [1.29, 1.82) is 0 Å². The molecule has 0 saturated heterocycles. The van der Waals surface area contributed by atoms with E-state index in [9.17, 15) is 24.6 Å². The maximum atomic E-state index is 17.4. The van der Waals surface area contributed by atoms with Crippen molar-refractivity contribution in [1.82, 2.24) is 0 Å². The van der Waals surface area contributed by atoms with Gasteiger partial charge >= 0.3 is 12.1 Å². The third-order valence-corrected chi connectivity index (χ3v) is 11.9. The van der Waals surface area contributed by atoms with Gasteiger partial charge in [0.05, 0.1) is 6.10 Å². The van der Waals surface area contributed by atoms with E-state index in [1.165, 1.54) is 19.1 Å². The minimum atomic E-state index is -2.35. The van der Waals surface area contributed by atoms with Crippen LogP contribution in [0.15, 0.2) is 23.8 Å². The van der Waals surface area contributed by atoms with Gasteiger partial charge in [0.15, 0.2) is 11.5 Å². The van der Waals surface area contributed by atoms with Gasteiger partial charge in [0.2, 0.25) is 5.60 Å². The molecule has 12 atom stereocenters. The van der Waals surface area contributed by atoms with Crippen molar-refractivity contribution >= 4 is 17.9 Å². The van der Waals surface area contributed by atoms with Gasteiger partial charge in [-0.1, -0.05) is 47.1 Å². The van der Waals surface area contributed by atoms with Crippen LogP contribution in [0.25, 0.3) is 0 Å². The molecule has 1 unspecified atom stereocenters. The number of ether oxygens (including phenoxy) is 2. The molecule has 0 bridgehead atoms. The van der Waals surface area contributed by atoms with Gasteiger partial charge < -0.3 is 19.7 Å². The highest BCUT2D eigenvalue weighted by Gasteiger charge is 2.78. The SMILES string of the molecule is CC(C)[C@H]1CC[C@H](C)C[C@@H]1OC(=O)O[C@@]1(C(=O)O)[C@H](C)C[C@H]2[C@@H]3C[C@H](F)C4=CC(=O)C=C[C@]4(C)C3(F)[C@@H](O)C[C@@]21C. The highest BCUT2D eigenvalue weighted by molar-refractivity contribution is 6.01. The molecule has 0 aromatic rings. The van der Waals surface area contributed by atoms with Crippen molar-refractivity contribution in [3.63, 3.8) is 0 Å². The van der Waals surface area contributed by atoms with E-state index in [0.29, 0.717) is 12.3 Å². The Balaban J connectivity index is 1.50. The van der Waals surface area contributed by atoms with E-state index < -0.39 is 76.1 Å². The van der Waals surface area contributed by atoms with Crippen LogP contribution in [0.5, 0.6) is 0 Å². The van der Waals surface area contributed by atoms with Gasteiger partial charge in [-0.25, -0.2) is 18.4 Å². The number of carbonyl (C=O) groups is 3. The van der Waals surface area contributed by atoms with Gasteiger partial charge in [0, 0.05) is 22.7 Å². The minimum Gasteiger partial charge on any atom is -0.478 e. The maximum Gasteiger partial charge on any atom is 0.509 e. The smallest absolute Gasteiger partial charge is 0.478 e. The number of aliphatic hydroxyl groups is 1. The number of rotatable bonds is 4. The zero-order valence-electron chi connectivity index (χ0n) is 24.9. The molecule has 2 N–H and O–H groups in total. The minimum absolute atomic E-state index is 0.00295. The van der Waals surface area contributed by atoms with Crippen LogP contribution >= 0.6 is 0 Å². The van der Waals surface area contributed by atoms with E-state index in [2.05, 4.69) is 20.8 Å². The molecule has 0 spiro atoms. The molecule has 7 nitrogen and oxygen atoms in total. The van der Waals surface area contributed by atoms with Crippen molar-refractivity contribution in [2.75, 3.05) is 0 Å². The molecule has 0 amide bonds. The lowest BCUT2D eigenvalue weighted by Crippen LogP contribution is -2.71. The number of hydrogen-bond acceptors (Lipinski definition) is 6. The summed E-state index contributed by atoms with van der Waals surface area (Å²) in [6.45, 7) is 11.0. The summed E-state index contributed by atoms with van der Waals surface area (Å²) in [6, 6.07) is 0. The van der Waals surface area contributed by atoms with Crippen molar-refractivity contribution in [3.05, 3.63) is 23.8 Å². The molecule has 9 heteroatoms. The van der Waals surface area contributed by atoms with Crippen LogP contribution in [-0.2, 0) is 19.1 Å². The molecule has 5 aliphatic rings. The molecule has 0 aromatic heterocycles. The van der Waals surface area contributed by atoms with E-state index >= 15 is 8.78 Å². The first-order valence-electron chi connectivity index (χ1n) is 15.1. The Bertz CT molecular complexity index is 1180. The van der Waals surface area contributed by atoms with Crippen LogP contribution in [0.2, 0.25) is 0 Å². The summed E-state index contributed by atoms with van der Waals surface area (Å²) in [5.74, 6) is -3.63. The highest BCUT2D eigenvalue weighted by atomic mass is 19.1. The Morgan fingerprint density at radius 3 is 2.41 bits per heavy atom. The van der Waals surface area contributed by atoms with Crippen LogP contribution in [0.1, 0.15) is 80.1 Å². The molecule has 41 heavy (non-hydrogen) atoms. The number of carboxylic acid groups (broad SMARTS) is 1. The van der Waals surface area contributed by atoms with Crippen LogP contribution < -0.4 is 0 Å². The van der Waals surface area contributed by atoms with Gasteiger partial charge in [0.25, 0.3) is 0 Å². The number of hydrogen-bond donors (Lipinski definition) is 2. The molecule has 5 aliphatic carbocycles. The number of carbonyl (C=O) groups excluding carboxylic acids is 2. The number of fused-ring (bicyclic) bond motifs is 5. The standard InChI is InChI=1S/C32H44F2O7/c1-16(2)20-8-7-17(3)11-25(20)40-28(39)41-32(27(37)38)18(4)12-21-22-14-24(33)23-13-19(35)9-10-29(23,5)31(22,34)26(36)15-30(21,32)6/h9-10,13,16-18,20-22,24-26,36H,7-8,11-12,14-15H2,1-6H3,(H,37,38)/t17-,18+,20+,21-,22-,24-,25-,26-,29-,30-,31?,32+/m0/s1. The highest BCUT2D eigenvalue weighted by Crippen LogP contribution is 2.71. The Morgan fingerprint density at radius 2 is 1.78 bits per heavy atom. The van der Waals surface area contributed by atoms with E-state index in [1.807, 2.05) is 0 Å². The summed E-state index contributed by atoms with van der Waals surface area (Å²) in [5.41, 5.74) is -7.43. The van der Waals surface area contributed by atoms with Gasteiger partial charge in [-0.2, -0.15) is 0 Å². The molecule has 0 aromatic carbocycles. The predicted molar refractivity (Wildman–Crippen MR) is 146 cm³/mol. The first kappa shape index (κ1) is 30.2. The summed E-state index contributed by atoms with van der Waals surface area (Å²) in [5, 5.41) is 22.2.